The molecule has 0 radical (unpaired) electrons. The molecule has 0 aliphatic carbocycles. The minimum Gasteiger partial charge on any atom is -0.366 e. The van der Waals surface area contributed by atoms with Gasteiger partial charge in [-0.3, -0.25) is 9.59 Å². The molecule has 5 heteroatoms. The second-order valence-electron chi connectivity index (χ2n) is 4.21. The van der Waals surface area contributed by atoms with Crippen LogP contribution in [0.4, 0.5) is 5.00 Å². The summed E-state index contributed by atoms with van der Waals surface area (Å²) < 4.78 is 0. The van der Waals surface area contributed by atoms with E-state index in [2.05, 4.69) is 5.32 Å². The second kappa shape index (κ2) is 5.24. The number of carbonyl (C=O) groups excluding carboxylic acids is 2. The summed E-state index contributed by atoms with van der Waals surface area (Å²) in [5, 5.41) is 3.14. The van der Waals surface area contributed by atoms with E-state index in [9.17, 15) is 9.59 Å². The van der Waals surface area contributed by atoms with Gasteiger partial charge in [-0.15, -0.1) is 11.3 Å². The van der Waals surface area contributed by atoms with Crippen LogP contribution in [0.2, 0.25) is 0 Å². The summed E-state index contributed by atoms with van der Waals surface area (Å²) in [5.41, 5.74) is 7.82. The number of nitrogens with two attached hydrogens (primary N) is 1. The first-order chi connectivity index (χ1) is 8.99. The number of amides is 2. The number of hydrogen-bond donors (Lipinski definition) is 2. The van der Waals surface area contributed by atoms with Gasteiger partial charge in [0.2, 0.25) is 5.91 Å². The van der Waals surface area contributed by atoms with Crippen molar-refractivity contribution in [2.24, 2.45) is 5.73 Å². The van der Waals surface area contributed by atoms with Crippen molar-refractivity contribution in [2.75, 3.05) is 5.32 Å². The van der Waals surface area contributed by atoms with E-state index in [1.165, 1.54) is 18.3 Å². The number of carbonyl (C=O) groups is 2. The Hall–Kier alpha value is -2.14. The maximum atomic E-state index is 11.4. The topological polar surface area (TPSA) is 72.2 Å². The van der Waals surface area contributed by atoms with Gasteiger partial charge in [-0.2, -0.15) is 0 Å². The summed E-state index contributed by atoms with van der Waals surface area (Å²) in [4.78, 5) is 23.5. The molecule has 4 nitrogen and oxygen atoms in total. The van der Waals surface area contributed by atoms with Crippen LogP contribution in [0.25, 0.3) is 10.4 Å². The fourth-order valence-corrected chi connectivity index (χ4v) is 3.01. The number of rotatable bonds is 3. The van der Waals surface area contributed by atoms with Crippen LogP contribution < -0.4 is 11.1 Å². The predicted octanol–water partition coefficient (Wildman–Crippen LogP) is 2.78. The smallest absolute Gasteiger partial charge is 0.251 e. The minimum atomic E-state index is -0.542. The molecule has 2 amide bonds. The third-order valence-corrected chi connectivity index (χ3v) is 3.78. The van der Waals surface area contributed by atoms with Gasteiger partial charge in [0.05, 0.1) is 5.56 Å². The van der Waals surface area contributed by atoms with Crippen LogP contribution in [0, 0.1) is 6.92 Å². The number of nitrogens with one attached hydrogen (secondary N) is 1. The van der Waals surface area contributed by atoms with Gasteiger partial charge < -0.3 is 11.1 Å². The average Bonchev–Trinajstić information content (AvgIpc) is 2.72. The lowest BCUT2D eigenvalue weighted by molar-refractivity contribution is -0.114. The molecule has 0 spiro atoms. The normalized spacial score (nSPS) is 10.2. The van der Waals surface area contributed by atoms with Crippen LogP contribution >= 0.6 is 11.3 Å². The first-order valence-corrected chi connectivity index (χ1v) is 6.58. The molecule has 2 aromatic rings. The van der Waals surface area contributed by atoms with E-state index in [1.807, 2.05) is 31.2 Å². The van der Waals surface area contributed by atoms with Crippen LogP contribution in [-0.4, -0.2) is 11.8 Å². The van der Waals surface area contributed by atoms with Crippen LogP contribution in [0.3, 0.4) is 0 Å². The van der Waals surface area contributed by atoms with E-state index in [0.29, 0.717) is 10.6 Å². The van der Waals surface area contributed by atoms with Crippen molar-refractivity contribution in [2.45, 2.75) is 13.8 Å². The van der Waals surface area contributed by atoms with Crippen molar-refractivity contribution in [3.8, 4) is 10.4 Å². The number of benzene rings is 1. The molecular formula is C14H14N2O2S. The molecule has 0 saturated heterocycles. The first kappa shape index (κ1) is 13.3. The lowest BCUT2D eigenvalue weighted by Gasteiger charge is -2.01. The molecule has 19 heavy (non-hydrogen) atoms. The van der Waals surface area contributed by atoms with E-state index >= 15 is 0 Å². The highest BCUT2D eigenvalue weighted by Crippen LogP contribution is 2.36. The fraction of sp³-hybridized carbons (Fsp3) is 0.143. The number of anilines is 1. The Morgan fingerprint density at radius 3 is 2.53 bits per heavy atom. The Bertz CT molecular complexity index is 647. The summed E-state index contributed by atoms with van der Waals surface area (Å²) in [7, 11) is 0. The van der Waals surface area contributed by atoms with E-state index in [4.69, 9.17) is 5.73 Å². The second-order valence-corrected chi connectivity index (χ2v) is 5.27. The fourth-order valence-electron chi connectivity index (χ4n) is 1.81. The van der Waals surface area contributed by atoms with Crippen molar-refractivity contribution in [1.82, 2.24) is 0 Å². The van der Waals surface area contributed by atoms with Crippen LogP contribution in [0.15, 0.2) is 30.3 Å². The molecule has 0 saturated carbocycles. The highest BCUT2D eigenvalue weighted by molar-refractivity contribution is 7.20. The Labute approximate surface area is 115 Å². The molecule has 0 fully saturated rings. The van der Waals surface area contributed by atoms with Gasteiger partial charge in [-0.25, -0.2) is 0 Å². The molecule has 0 bridgehead atoms. The highest BCUT2D eigenvalue weighted by Gasteiger charge is 2.16. The molecule has 2 rings (SSSR count). The van der Waals surface area contributed by atoms with Gasteiger partial charge in [0.1, 0.15) is 5.00 Å². The molecule has 0 unspecified atom stereocenters. The van der Waals surface area contributed by atoms with E-state index in [0.717, 1.165) is 16.0 Å². The van der Waals surface area contributed by atoms with E-state index in [1.54, 1.807) is 6.07 Å². The number of aryl methyl sites for hydroxylation is 1. The van der Waals surface area contributed by atoms with Gasteiger partial charge in [0, 0.05) is 11.8 Å². The Balaban J connectivity index is 2.52. The van der Waals surface area contributed by atoms with Crippen molar-refractivity contribution in [3.63, 3.8) is 0 Å². The van der Waals surface area contributed by atoms with Crippen molar-refractivity contribution in [3.05, 3.63) is 41.5 Å². The van der Waals surface area contributed by atoms with Crippen LogP contribution in [0.1, 0.15) is 22.8 Å². The number of thiophene rings is 1. The summed E-state index contributed by atoms with van der Waals surface area (Å²) in [6.07, 6.45) is 0. The zero-order chi connectivity index (χ0) is 14.0. The predicted molar refractivity (Wildman–Crippen MR) is 77.3 cm³/mol. The molecule has 0 atom stereocenters. The lowest BCUT2D eigenvalue weighted by Crippen LogP contribution is -2.14. The molecule has 1 aromatic heterocycles. The summed E-state index contributed by atoms with van der Waals surface area (Å²) in [6.45, 7) is 3.40. The van der Waals surface area contributed by atoms with Gasteiger partial charge >= 0.3 is 0 Å². The molecular weight excluding hydrogens is 260 g/mol. The van der Waals surface area contributed by atoms with Gasteiger partial charge in [-0.1, -0.05) is 24.3 Å². The summed E-state index contributed by atoms with van der Waals surface area (Å²) in [6, 6.07) is 9.58. The maximum Gasteiger partial charge on any atom is 0.251 e. The SMILES string of the molecule is CC(=O)Nc1sc(-c2ccccc2C)cc1C(N)=O. The Morgan fingerprint density at radius 1 is 1.26 bits per heavy atom. The first-order valence-electron chi connectivity index (χ1n) is 5.76. The Kier molecular flexibility index (Phi) is 3.66. The van der Waals surface area contributed by atoms with Gasteiger partial charge in [-0.05, 0) is 24.1 Å². The highest BCUT2D eigenvalue weighted by atomic mass is 32.1. The zero-order valence-electron chi connectivity index (χ0n) is 10.7. The van der Waals surface area contributed by atoms with Crippen LogP contribution in [-0.2, 0) is 4.79 Å². The summed E-state index contributed by atoms with van der Waals surface area (Å²) >= 11 is 1.35. The number of primary amides is 1. The van der Waals surface area contributed by atoms with Gasteiger partial charge in [0.15, 0.2) is 0 Å². The molecule has 0 aliphatic rings. The standard InChI is InChI=1S/C14H14N2O2S/c1-8-5-3-4-6-10(8)12-7-11(13(15)18)14(19-12)16-9(2)17/h3-7H,1-2H3,(H2,15,18)(H,16,17). The maximum absolute atomic E-state index is 11.4. The van der Waals surface area contributed by atoms with Crippen molar-refractivity contribution >= 4 is 28.2 Å². The molecule has 98 valence electrons. The third kappa shape index (κ3) is 2.82. The largest absolute Gasteiger partial charge is 0.366 e. The molecule has 1 aromatic carbocycles. The quantitative estimate of drug-likeness (QED) is 0.903. The molecule has 0 aliphatic heterocycles. The van der Waals surface area contributed by atoms with Crippen LogP contribution in [0.5, 0.6) is 0 Å². The summed E-state index contributed by atoms with van der Waals surface area (Å²) in [5.74, 6) is -0.763. The third-order valence-electron chi connectivity index (χ3n) is 2.70. The molecule has 3 N–H and O–H groups in total. The average molecular weight is 274 g/mol. The van der Waals surface area contributed by atoms with E-state index in [-0.39, 0.29) is 5.91 Å². The minimum absolute atomic E-state index is 0.222. The van der Waals surface area contributed by atoms with Crippen molar-refractivity contribution < 1.29 is 9.59 Å². The lowest BCUT2D eigenvalue weighted by atomic mass is 10.1. The monoisotopic (exact) mass is 274 g/mol. The van der Waals surface area contributed by atoms with E-state index < -0.39 is 5.91 Å². The Morgan fingerprint density at radius 2 is 1.95 bits per heavy atom. The molecule has 1 heterocycles. The van der Waals surface area contributed by atoms with Crippen molar-refractivity contribution in [1.29, 1.82) is 0 Å². The zero-order valence-corrected chi connectivity index (χ0v) is 11.5. The van der Waals surface area contributed by atoms with Gasteiger partial charge in [0.25, 0.3) is 5.91 Å². The number of hydrogen-bond acceptors (Lipinski definition) is 3.